The second-order valence-corrected chi connectivity index (χ2v) is 8.37. The lowest BCUT2D eigenvalue weighted by atomic mass is 9.97. The minimum Gasteiger partial charge on any atom is -0.489 e. The van der Waals surface area contributed by atoms with Crippen LogP contribution in [0.25, 0.3) is 0 Å². The van der Waals surface area contributed by atoms with Crippen molar-refractivity contribution in [2.24, 2.45) is 0 Å². The van der Waals surface area contributed by atoms with E-state index in [1.165, 1.54) is 11.1 Å². The second-order valence-electron chi connectivity index (χ2n) is 8.37. The molecule has 0 amide bonds. The van der Waals surface area contributed by atoms with Crippen LogP contribution in [0.1, 0.15) is 38.7 Å². The fraction of sp³-hybridized carbons (Fsp3) is 0.172. The zero-order chi connectivity index (χ0) is 23.3. The number of carbonyl (C=O) groups excluding carboxylic acids is 1. The van der Waals surface area contributed by atoms with Crippen LogP contribution in [0.4, 0.5) is 0 Å². The van der Waals surface area contributed by atoms with E-state index in [0.717, 1.165) is 30.0 Å². The Labute approximate surface area is 199 Å². The lowest BCUT2D eigenvalue weighted by Gasteiger charge is -2.27. The fourth-order valence-electron chi connectivity index (χ4n) is 4.36. The molecule has 1 aliphatic heterocycles. The third-order valence-corrected chi connectivity index (χ3v) is 6.15. The molecular weight excluding hydrogens is 424 g/mol. The normalized spacial score (nSPS) is 13.8. The molecule has 1 aliphatic rings. The van der Waals surface area contributed by atoms with Gasteiger partial charge in [0.2, 0.25) is 5.88 Å². The van der Waals surface area contributed by atoms with Gasteiger partial charge >= 0.3 is 0 Å². The van der Waals surface area contributed by atoms with Gasteiger partial charge in [0.05, 0.1) is 7.11 Å². The average molecular weight is 451 g/mol. The van der Waals surface area contributed by atoms with Crippen LogP contribution in [0.3, 0.4) is 0 Å². The molecule has 170 valence electrons. The van der Waals surface area contributed by atoms with Gasteiger partial charge < -0.3 is 9.47 Å². The standard InChI is InChI=1S/C29H26N2O3/c1-33-27-16-13-23(17-30-27)28(31-18-24-9-5-6-10-25(24)19-31)29(32)22-11-14-26(15-12-22)34-20-21-7-3-2-4-8-21/h2-17,28H,18-20H2,1H3. The lowest BCUT2D eigenvalue weighted by Crippen LogP contribution is -2.30. The van der Waals surface area contributed by atoms with Crippen molar-refractivity contribution in [3.05, 3.63) is 125 Å². The Hall–Kier alpha value is -3.96. The van der Waals surface area contributed by atoms with Gasteiger partial charge in [0.1, 0.15) is 18.4 Å². The number of ether oxygens (including phenoxy) is 2. The van der Waals surface area contributed by atoms with Gasteiger partial charge in [-0.15, -0.1) is 0 Å². The molecule has 5 nitrogen and oxygen atoms in total. The predicted molar refractivity (Wildman–Crippen MR) is 131 cm³/mol. The number of aromatic nitrogens is 1. The third-order valence-electron chi connectivity index (χ3n) is 6.15. The van der Waals surface area contributed by atoms with Crippen LogP contribution < -0.4 is 9.47 Å². The molecule has 0 bridgehead atoms. The number of pyridine rings is 1. The Morgan fingerprint density at radius 1 is 0.882 bits per heavy atom. The summed E-state index contributed by atoms with van der Waals surface area (Å²) in [5.74, 6) is 1.30. The molecule has 0 saturated carbocycles. The number of hydrogen-bond donors (Lipinski definition) is 0. The molecule has 1 unspecified atom stereocenters. The van der Waals surface area contributed by atoms with Gasteiger partial charge in [-0.1, -0.05) is 60.7 Å². The van der Waals surface area contributed by atoms with E-state index in [1.54, 1.807) is 19.4 Å². The molecule has 0 saturated heterocycles. The zero-order valence-electron chi connectivity index (χ0n) is 19.1. The molecule has 5 rings (SSSR count). The van der Waals surface area contributed by atoms with Gasteiger partial charge in [-0.3, -0.25) is 9.69 Å². The third kappa shape index (κ3) is 4.70. The number of ketones is 1. The van der Waals surface area contributed by atoms with E-state index in [4.69, 9.17) is 9.47 Å². The van der Waals surface area contributed by atoms with E-state index in [0.29, 0.717) is 18.1 Å². The van der Waals surface area contributed by atoms with Gasteiger partial charge in [-0.25, -0.2) is 4.98 Å². The Kier molecular flexibility index (Phi) is 6.36. The smallest absolute Gasteiger partial charge is 0.212 e. The highest BCUT2D eigenvalue weighted by molar-refractivity contribution is 6.00. The largest absolute Gasteiger partial charge is 0.489 e. The molecule has 4 aromatic rings. The summed E-state index contributed by atoms with van der Waals surface area (Å²) in [6.45, 7) is 1.92. The van der Waals surface area contributed by atoms with Crippen molar-refractivity contribution in [3.63, 3.8) is 0 Å². The number of benzene rings is 3. The zero-order valence-corrected chi connectivity index (χ0v) is 19.1. The summed E-state index contributed by atoms with van der Waals surface area (Å²) >= 11 is 0. The van der Waals surface area contributed by atoms with E-state index < -0.39 is 6.04 Å². The van der Waals surface area contributed by atoms with E-state index in [1.807, 2.05) is 72.8 Å². The quantitative estimate of drug-likeness (QED) is 0.327. The van der Waals surface area contributed by atoms with Crippen molar-refractivity contribution in [2.45, 2.75) is 25.7 Å². The highest BCUT2D eigenvalue weighted by atomic mass is 16.5. The maximum atomic E-state index is 13.8. The predicted octanol–water partition coefficient (Wildman–Crippen LogP) is 5.61. The summed E-state index contributed by atoms with van der Waals surface area (Å²) in [6.07, 6.45) is 1.74. The van der Waals surface area contributed by atoms with Crippen molar-refractivity contribution < 1.29 is 14.3 Å². The fourth-order valence-corrected chi connectivity index (χ4v) is 4.36. The van der Waals surface area contributed by atoms with E-state index in [9.17, 15) is 4.79 Å². The monoisotopic (exact) mass is 450 g/mol. The maximum Gasteiger partial charge on any atom is 0.212 e. The van der Waals surface area contributed by atoms with Crippen molar-refractivity contribution in [3.8, 4) is 11.6 Å². The topological polar surface area (TPSA) is 51.7 Å². The summed E-state index contributed by atoms with van der Waals surface area (Å²) in [7, 11) is 1.59. The molecule has 1 atom stereocenters. The van der Waals surface area contributed by atoms with Crippen molar-refractivity contribution in [2.75, 3.05) is 7.11 Å². The summed E-state index contributed by atoms with van der Waals surface area (Å²) in [4.78, 5) is 20.4. The number of carbonyl (C=O) groups is 1. The van der Waals surface area contributed by atoms with Crippen LogP contribution in [0, 0.1) is 0 Å². The van der Waals surface area contributed by atoms with Gasteiger partial charge in [0.15, 0.2) is 5.78 Å². The number of Topliss-reactive ketones (excluding diaryl/α,β-unsaturated/α-hetero) is 1. The van der Waals surface area contributed by atoms with Gasteiger partial charge in [0, 0.05) is 30.9 Å². The number of fused-ring (bicyclic) bond motifs is 1. The molecule has 0 radical (unpaired) electrons. The Balaban J connectivity index is 1.37. The van der Waals surface area contributed by atoms with Crippen LogP contribution in [0.5, 0.6) is 11.6 Å². The first-order valence-electron chi connectivity index (χ1n) is 11.3. The molecule has 1 aromatic heterocycles. The molecule has 5 heteroatoms. The SMILES string of the molecule is COc1ccc(C(C(=O)c2ccc(OCc3ccccc3)cc2)N2Cc3ccccc3C2)cn1. The molecule has 34 heavy (non-hydrogen) atoms. The highest BCUT2D eigenvalue weighted by Gasteiger charge is 2.33. The Bertz CT molecular complexity index is 1230. The molecule has 0 fully saturated rings. The van der Waals surface area contributed by atoms with E-state index >= 15 is 0 Å². The minimum absolute atomic E-state index is 0.0365. The van der Waals surface area contributed by atoms with Crippen LogP contribution in [-0.2, 0) is 19.7 Å². The molecule has 0 aliphatic carbocycles. The number of methoxy groups -OCH3 is 1. The van der Waals surface area contributed by atoms with Crippen molar-refractivity contribution in [1.82, 2.24) is 9.88 Å². The van der Waals surface area contributed by atoms with Gasteiger partial charge in [0.25, 0.3) is 0 Å². The first-order valence-corrected chi connectivity index (χ1v) is 11.3. The summed E-state index contributed by atoms with van der Waals surface area (Å²) in [5, 5.41) is 0. The maximum absolute atomic E-state index is 13.8. The molecule has 3 aromatic carbocycles. The van der Waals surface area contributed by atoms with Crippen molar-refractivity contribution >= 4 is 5.78 Å². The number of hydrogen-bond acceptors (Lipinski definition) is 5. The summed E-state index contributed by atoms with van der Waals surface area (Å²) in [6, 6.07) is 29.1. The van der Waals surface area contributed by atoms with Crippen LogP contribution in [0.2, 0.25) is 0 Å². The van der Waals surface area contributed by atoms with E-state index in [-0.39, 0.29) is 5.78 Å². The molecule has 0 spiro atoms. The minimum atomic E-state index is -0.443. The second kappa shape index (κ2) is 9.89. The Morgan fingerprint density at radius 2 is 1.56 bits per heavy atom. The van der Waals surface area contributed by atoms with Crippen LogP contribution >= 0.6 is 0 Å². The lowest BCUT2D eigenvalue weighted by molar-refractivity contribution is 0.0812. The molecular formula is C29H26N2O3. The highest BCUT2D eigenvalue weighted by Crippen LogP contribution is 2.34. The molecule has 0 N–H and O–H groups in total. The average Bonchev–Trinajstić information content (AvgIpc) is 3.32. The summed E-state index contributed by atoms with van der Waals surface area (Å²) in [5.41, 5.74) is 5.10. The Morgan fingerprint density at radius 3 is 2.18 bits per heavy atom. The van der Waals surface area contributed by atoms with Crippen LogP contribution in [0.15, 0.2) is 97.2 Å². The first-order chi connectivity index (χ1) is 16.7. The van der Waals surface area contributed by atoms with Gasteiger partial charge in [-0.2, -0.15) is 0 Å². The number of nitrogens with zero attached hydrogens (tertiary/aromatic N) is 2. The number of rotatable bonds is 8. The first kappa shape index (κ1) is 21.9. The van der Waals surface area contributed by atoms with E-state index in [2.05, 4.69) is 22.0 Å². The van der Waals surface area contributed by atoms with Crippen LogP contribution in [-0.4, -0.2) is 22.8 Å². The summed E-state index contributed by atoms with van der Waals surface area (Å²) < 4.78 is 11.1. The van der Waals surface area contributed by atoms with Crippen molar-refractivity contribution in [1.29, 1.82) is 0 Å². The van der Waals surface area contributed by atoms with Gasteiger partial charge in [-0.05, 0) is 46.5 Å². The molecule has 2 heterocycles.